The summed E-state index contributed by atoms with van der Waals surface area (Å²) in [5.74, 6) is 0.202. The van der Waals surface area contributed by atoms with Crippen LogP contribution in [-0.2, 0) is 11.2 Å². The first-order chi connectivity index (χ1) is 9.34. The van der Waals surface area contributed by atoms with Crippen LogP contribution in [0.3, 0.4) is 0 Å². The van der Waals surface area contributed by atoms with Crippen molar-refractivity contribution in [3.05, 3.63) is 34.0 Å². The van der Waals surface area contributed by atoms with Gasteiger partial charge in [0.15, 0.2) is 0 Å². The molecule has 1 N–H and O–H groups in total. The van der Waals surface area contributed by atoms with E-state index in [-0.39, 0.29) is 5.91 Å². The number of aryl methyl sites for hydroxylation is 1. The van der Waals surface area contributed by atoms with Crippen LogP contribution in [-0.4, -0.2) is 12.5 Å². The van der Waals surface area contributed by atoms with E-state index in [4.69, 9.17) is 0 Å². The zero-order valence-corrected chi connectivity index (χ0v) is 12.3. The average molecular weight is 277 g/mol. The number of hydrogen-bond donors (Lipinski definition) is 1. The highest BCUT2D eigenvalue weighted by Gasteiger charge is 2.05. The van der Waals surface area contributed by atoms with Gasteiger partial charge in [-0.2, -0.15) is 0 Å². The zero-order valence-electron chi connectivity index (χ0n) is 11.5. The molecule has 1 aliphatic rings. The van der Waals surface area contributed by atoms with Gasteiger partial charge < -0.3 is 5.32 Å². The highest BCUT2D eigenvalue weighted by atomic mass is 32.1. The number of amides is 1. The van der Waals surface area contributed by atoms with Gasteiger partial charge in [-0.25, -0.2) is 0 Å². The van der Waals surface area contributed by atoms with Crippen molar-refractivity contribution >= 4 is 17.2 Å². The lowest BCUT2D eigenvalue weighted by atomic mass is 9.97. The van der Waals surface area contributed by atoms with Crippen LogP contribution < -0.4 is 5.32 Å². The fourth-order valence-corrected chi connectivity index (χ4v) is 3.21. The summed E-state index contributed by atoms with van der Waals surface area (Å²) in [4.78, 5) is 13.1. The predicted octanol–water partition coefficient (Wildman–Crippen LogP) is 4.08. The molecule has 0 saturated heterocycles. The molecule has 0 aliphatic heterocycles. The van der Waals surface area contributed by atoms with Gasteiger partial charge >= 0.3 is 0 Å². The first kappa shape index (κ1) is 14.3. The van der Waals surface area contributed by atoms with Crippen LogP contribution >= 0.6 is 11.3 Å². The molecule has 1 amide bonds. The summed E-state index contributed by atoms with van der Waals surface area (Å²) >= 11 is 1.77. The Morgan fingerprint density at radius 1 is 1.32 bits per heavy atom. The summed E-state index contributed by atoms with van der Waals surface area (Å²) in [5, 5.41) is 5.12. The van der Waals surface area contributed by atoms with Crippen molar-refractivity contribution in [3.8, 4) is 0 Å². The highest BCUT2D eigenvalue weighted by Crippen LogP contribution is 2.19. The first-order valence-electron chi connectivity index (χ1n) is 7.31. The molecule has 0 saturated carbocycles. The molecular weight excluding hydrogens is 254 g/mol. The number of thiophene rings is 1. The molecule has 19 heavy (non-hydrogen) atoms. The molecule has 0 unspecified atom stereocenters. The number of hydrogen-bond acceptors (Lipinski definition) is 2. The Kier molecular flexibility index (Phi) is 6.15. The maximum Gasteiger partial charge on any atom is 0.220 e. The Balaban J connectivity index is 1.53. The Hall–Kier alpha value is -1.09. The molecule has 0 bridgehead atoms. The zero-order chi connectivity index (χ0) is 13.3. The van der Waals surface area contributed by atoms with E-state index in [1.54, 1.807) is 11.3 Å². The topological polar surface area (TPSA) is 29.1 Å². The van der Waals surface area contributed by atoms with E-state index in [0.717, 1.165) is 25.8 Å². The second-order valence-corrected chi connectivity index (χ2v) is 6.17. The van der Waals surface area contributed by atoms with Gasteiger partial charge in [-0.05, 0) is 56.4 Å². The quantitative estimate of drug-likeness (QED) is 0.748. The predicted molar refractivity (Wildman–Crippen MR) is 81.4 cm³/mol. The Morgan fingerprint density at radius 2 is 2.26 bits per heavy atom. The molecule has 1 aromatic rings. The van der Waals surface area contributed by atoms with Gasteiger partial charge in [-0.3, -0.25) is 4.79 Å². The molecule has 0 fully saturated rings. The maximum atomic E-state index is 11.7. The average Bonchev–Trinajstić information content (AvgIpc) is 2.93. The minimum atomic E-state index is 0.202. The van der Waals surface area contributed by atoms with Gasteiger partial charge in [0, 0.05) is 17.8 Å². The third-order valence-electron chi connectivity index (χ3n) is 3.56. The standard InChI is InChI=1S/C16H23NOS/c18-16(10-4-8-15-9-5-13-19-15)17-12-11-14-6-2-1-3-7-14/h5-6,9,13H,1-4,7-8,10-12H2,(H,17,18). The third kappa shape index (κ3) is 5.60. The molecule has 0 radical (unpaired) electrons. The summed E-state index contributed by atoms with van der Waals surface area (Å²) < 4.78 is 0. The van der Waals surface area contributed by atoms with Crippen LogP contribution in [0.25, 0.3) is 0 Å². The minimum Gasteiger partial charge on any atom is -0.356 e. The number of nitrogens with one attached hydrogen (secondary N) is 1. The molecule has 1 heterocycles. The summed E-state index contributed by atoms with van der Waals surface area (Å²) in [6, 6.07) is 4.20. The van der Waals surface area contributed by atoms with Gasteiger partial charge in [0.2, 0.25) is 5.91 Å². The molecule has 2 nitrogen and oxygen atoms in total. The summed E-state index contributed by atoms with van der Waals surface area (Å²) in [5.41, 5.74) is 1.53. The van der Waals surface area contributed by atoms with Gasteiger partial charge in [0.05, 0.1) is 0 Å². The van der Waals surface area contributed by atoms with Crippen molar-refractivity contribution in [2.75, 3.05) is 6.54 Å². The van der Waals surface area contributed by atoms with E-state index >= 15 is 0 Å². The Morgan fingerprint density at radius 3 is 3.00 bits per heavy atom. The van der Waals surface area contributed by atoms with Crippen LogP contribution in [0, 0.1) is 0 Å². The van der Waals surface area contributed by atoms with Crippen molar-refractivity contribution in [1.82, 2.24) is 5.32 Å². The number of carbonyl (C=O) groups excluding carboxylic acids is 1. The highest BCUT2D eigenvalue weighted by molar-refractivity contribution is 7.09. The van der Waals surface area contributed by atoms with Crippen molar-refractivity contribution in [1.29, 1.82) is 0 Å². The van der Waals surface area contributed by atoms with E-state index in [1.807, 2.05) is 0 Å². The molecular formula is C16H23NOS. The second-order valence-electron chi connectivity index (χ2n) is 5.14. The molecule has 2 rings (SSSR count). The van der Waals surface area contributed by atoms with Crippen LogP contribution in [0.4, 0.5) is 0 Å². The number of rotatable bonds is 7. The van der Waals surface area contributed by atoms with Gasteiger partial charge in [0.1, 0.15) is 0 Å². The lowest BCUT2D eigenvalue weighted by Gasteiger charge is -2.12. The Labute approximate surface area is 119 Å². The van der Waals surface area contributed by atoms with Crippen LogP contribution in [0.15, 0.2) is 29.2 Å². The fourth-order valence-electron chi connectivity index (χ4n) is 2.46. The summed E-state index contributed by atoms with van der Waals surface area (Å²) in [7, 11) is 0. The molecule has 1 aromatic heterocycles. The van der Waals surface area contributed by atoms with Gasteiger partial charge in [0.25, 0.3) is 0 Å². The molecule has 0 aromatic carbocycles. The van der Waals surface area contributed by atoms with E-state index in [1.165, 1.54) is 36.1 Å². The molecule has 0 spiro atoms. The van der Waals surface area contributed by atoms with E-state index in [0.29, 0.717) is 6.42 Å². The van der Waals surface area contributed by atoms with Crippen molar-refractivity contribution in [3.63, 3.8) is 0 Å². The number of allylic oxidation sites excluding steroid dienone is 1. The third-order valence-corrected chi connectivity index (χ3v) is 4.50. The van der Waals surface area contributed by atoms with Gasteiger partial charge in [-0.15, -0.1) is 11.3 Å². The molecule has 104 valence electrons. The first-order valence-corrected chi connectivity index (χ1v) is 8.19. The minimum absolute atomic E-state index is 0.202. The van der Waals surface area contributed by atoms with Crippen LogP contribution in [0.5, 0.6) is 0 Å². The van der Waals surface area contributed by atoms with Crippen molar-refractivity contribution in [2.45, 2.75) is 51.4 Å². The van der Waals surface area contributed by atoms with E-state index in [9.17, 15) is 4.79 Å². The fraction of sp³-hybridized carbons (Fsp3) is 0.562. The van der Waals surface area contributed by atoms with Crippen molar-refractivity contribution in [2.24, 2.45) is 0 Å². The van der Waals surface area contributed by atoms with Crippen molar-refractivity contribution < 1.29 is 4.79 Å². The SMILES string of the molecule is O=C(CCCc1cccs1)NCCC1=CCCCC1. The summed E-state index contributed by atoms with van der Waals surface area (Å²) in [6.07, 6.45) is 11.1. The Bertz CT molecular complexity index is 408. The smallest absolute Gasteiger partial charge is 0.220 e. The molecule has 1 aliphatic carbocycles. The second kappa shape index (κ2) is 8.16. The number of carbonyl (C=O) groups is 1. The maximum absolute atomic E-state index is 11.7. The lowest BCUT2D eigenvalue weighted by Crippen LogP contribution is -2.24. The molecule has 3 heteroatoms. The largest absolute Gasteiger partial charge is 0.356 e. The monoisotopic (exact) mass is 277 g/mol. The van der Waals surface area contributed by atoms with Gasteiger partial charge in [-0.1, -0.05) is 17.7 Å². The van der Waals surface area contributed by atoms with E-state index in [2.05, 4.69) is 28.9 Å². The van der Waals surface area contributed by atoms with Crippen LogP contribution in [0.2, 0.25) is 0 Å². The lowest BCUT2D eigenvalue weighted by molar-refractivity contribution is -0.121. The van der Waals surface area contributed by atoms with E-state index < -0.39 is 0 Å². The molecule has 0 atom stereocenters. The normalized spacial score (nSPS) is 15.1. The summed E-state index contributed by atoms with van der Waals surface area (Å²) in [6.45, 7) is 0.809. The van der Waals surface area contributed by atoms with Crippen LogP contribution in [0.1, 0.15) is 49.8 Å².